The van der Waals surface area contributed by atoms with Crippen molar-refractivity contribution in [2.45, 2.75) is 32.6 Å². The molecule has 2 heterocycles. The highest BCUT2D eigenvalue weighted by molar-refractivity contribution is 6.00. The smallest absolute Gasteiger partial charge is 0.231 e. The van der Waals surface area contributed by atoms with Crippen LogP contribution in [-0.4, -0.2) is 29.0 Å². The van der Waals surface area contributed by atoms with Gasteiger partial charge < -0.3 is 9.42 Å². The number of ketones is 1. The molecule has 1 fully saturated rings. The summed E-state index contributed by atoms with van der Waals surface area (Å²) in [5.41, 5.74) is 0.804. The Bertz CT molecular complexity index is 698. The molecule has 1 saturated heterocycles. The lowest BCUT2D eigenvalue weighted by atomic mass is 9.96. The Labute approximate surface area is 128 Å². The topological polar surface area (TPSA) is 59.2 Å². The first-order valence-corrected chi connectivity index (χ1v) is 7.41. The van der Waals surface area contributed by atoms with Crippen molar-refractivity contribution in [2.24, 2.45) is 0 Å². The van der Waals surface area contributed by atoms with Crippen LogP contribution in [0, 0.1) is 12.7 Å². The summed E-state index contributed by atoms with van der Waals surface area (Å²) in [6.07, 6.45) is 1.88. The fourth-order valence-corrected chi connectivity index (χ4v) is 3.00. The molecule has 1 aromatic heterocycles. The van der Waals surface area contributed by atoms with Crippen LogP contribution in [0.25, 0.3) is 0 Å². The van der Waals surface area contributed by atoms with E-state index in [4.69, 9.17) is 4.52 Å². The van der Waals surface area contributed by atoms with Gasteiger partial charge in [-0.1, -0.05) is 11.2 Å². The molecular weight excluding hydrogens is 285 g/mol. The number of benzene rings is 1. The summed E-state index contributed by atoms with van der Waals surface area (Å²) in [7, 11) is 0. The zero-order chi connectivity index (χ0) is 15.7. The van der Waals surface area contributed by atoms with Crippen LogP contribution < -0.4 is 4.90 Å². The third-order valence-corrected chi connectivity index (χ3v) is 4.00. The number of nitrogens with zero attached hydrogens (tertiary/aromatic N) is 3. The number of Topliss-reactive ketones (excluding diaryl/α,β-unsaturated/α-hetero) is 1. The number of carbonyl (C=O) groups is 1. The number of halogens is 1. The lowest BCUT2D eigenvalue weighted by Gasteiger charge is -2.33. The molecule has 6 heteroatoms. The van der Waals surface area contributed by atoms with Crippen LogP contribution in [0.4, 0.5) is 10.1 Å². The third kappa shape index (κ3) is 2.73. The lowest BCUT2D eigenvalue weighted by Crippen LogP contribution is -2.35. The van der Waals surface area contributed by atoms with Crippen LogP contribution in [0.5, 0.6) is 0 Å². The summed E-state index contributed by atoms with van der Waals surface area (Å²) < 4.78 is 19.3. The molecule has 116 valence electrons. The summed E-state index contributed by atoms with van der Waals surface area (Å²) >= 11 is 0. The van der Waals surface area contributed by atoms with Crippen molar-refractivity contribution in [2.75, 3.05) is 18.0 Å². The van der Waals surface area contributed by atoms with Gasteiger partial charge >= 0.3 is 0 Å². The Balaban J connectivity index is 1.89. The molecular formula is C16H18FN3O2. The van der Waals surface area contributed by atoms with Gasteiger partial charge in [-0.3, -0.25) is 4.79 Å². The second kappa shape index (κ2) is 5.87. The Morgan fingerprint density at radius 2 is 2.27 bits per heavy atom. The summed E-state index contributed by atoms with van der Waals surface area (Å²) in [6, 6.07) is 4.75. The molecule has 0 radical (unpaired) electrons. The van der Waals surface area contributed by atoms with E-state index in [0.29, 0.717) is 23.9 Å². The van der Waals surface area contributed by atoms with Crippen LogP contribution in [0.15, 0.2) is 22.7 Å². The van der Waals surface area contributed by atoms with Gasteiger partial charge in [0.25, 0.3) is 0 Å². The molecule has 0 unspecified atom stereocenters. The number of anilines is 1. The van der Waals surface area contributed by atoms with Gasteiger partial charge in [-0.05, 0) is 38.8 Å². The average Bonchev–Trinajstić information content (AvgIpc) is 2.93. The van der Waals surface area contributed by atoms with Gasteiger partial charge in [-0.15, -0.1) is 0 Å². The maximum Gasteiger partial charge on any atom is 0.231 e. The molecule has 0 spiro atoms. The summed E-state index contributed by atoms with van der Waals surface area (Å²) in [6.45, 7) is 4.61. The van der Waals surface area contributed by atoms with Gasteiger partial charge in [0.1, 0.15) is 5.82 Å². The minimum Gasteiger partial charge on any atom is -0.370 e. The normalized spacial score (nSPS) is 18.5. The number of carbonyl (C=O) groups excluding carboxylic acids is 1. The molecule has 1 aliphatic heterocycles. The number of aryl methyl sites for hydroxylation is 1. The highest BCUT2D eigenvalue weighted by Gasteiger charge is 2.28. The highest BCUT2D eigenvalue weighted by atomic mass is 19.1. The minimum atomic E-state index is -0.472. The van der Waals surface area contributed by atoms with Gasteiger partial charge in [-0.2, -0.15) is 4.98 Å². The standard InChI is InChI=1S/C16H18FN3O2/c1-10(21)15-13(17)6-3-7-14(15)20-8-4-5-12(9-20)16-18-11(2)19-22-16/h3,6-7,12H,4-5,8-9H2,1-2H3/t12-/m0/s1. The second-order valence-electron chi connectivity index (χ2n) is 5.66. The number of piperidine rings is 1. The van der Waals surface area contributed by atoms with Gasteiger partial charge in [0.05, 0.1) is 17.2 Å². The van der Waals surface area contributed by atoms with E-state index in [-0.39, 0.29) is 17.3 Å². The Morgan fingerprint density at radius 1 is 1.45 bits per heavy atom. The first-order valence-electron chi connectivity index (χ1n) is 7.41. The van der Waals surface area contributed by atoms with Crippen molar-refractivity contribution in [3.8, 4) is 0 Å². The second-order valence-corrected chi connectivity index (χ2v) is 5.66. The predicted molar refractivity (Wildman–Crippen MR) is 79.6 cm³/mol. The van der Waals surface area contributed by atoms with Crippen molar-refractivity contribution in [1.29, 1.82) is 0 Å². The average molecular weight is 303 g/mol. The molecule has 1 aliphatic rings. The molecule has 1 aromatic carbocycles. The third-order valence-electron chi connectivity index (χ3n) is 4.00. The predicted octanol–water partition coefficient (Wildman–Crippen LogP) is 3.10. The molecule has 2 aromatic rings. The van der Waals surface area contributed by atoms with Crippen LogP contribution in [0.2, 0.25) is 0 Å². The number of hydrogen-bond acceptors (Lipinski definition) is 5. The van der Waals surface area contributed by atoms with E-state index in [2.05, 4.69) is 10.1 Å². The first-order chi connectivity index (χ1) is 10.6. The first kappa shape index (κ1) is 14.7. The lowest BCUT2D eigenvalue weighted by molar-refractivity contribution is 0.101. The van der Waals surface area contributed by atoms with Crippen molar-refractivity contribution in [1.82, 2.24) is 10.1 Å². The summed E-state index contributed by atoms with van der Waals surface area (Å²) in [5.74, 6) is 0.605. The Kier molecular flexibility index (Phi) is 3.92. The summed E-state index contributed by atoms with van der Waals surface area (Å²) in [4.78, 5) is 18.1. The maximum atomic E-state index is 14.0. The molecule has 0 bridgehead atoms. The minimum absolute atomic E-state index is 0.109. The van der Waals surface area contributed by atoms with E-state index in [9.17, 15) is 9.18 Å². The van der Waals surface area contributed by atoms with Crippen molar-refractivity contribution < 1.29 is 13.7 Å². The van der Waals surface area contributed by atoms with Crippen molar-refractivity contribution in [3.05, 3.63) is 41.3 Å². The molecule has 5 nitrogen and oxygen atoms in total. The molecule has 0 amide bonds. The van der Waals surface area contributed by atoms with E-state index in [1.807, 2.05) is 4.90 Å². The monoisotopic (exact) mass is 303 g/mol. The molecule has 0 N–H and O–H groups in total. The van der Waals surface area contributed by atoms with Crippen LogP contribution in [0.1, 0.15) is 47.8 Å². The number of aromatic nitrogens is 2. The van der Waals surface area contributed by atoms with E-state index in [0.717, 1.165) is 19.4 Å². The fourth-order valence-electron chi connectivity index (χ4n) is 3.00. The van der Waals surface area contributed by atoms with Gasteiger partial charge in [-0.25, -0.2) is 4.39 Å². The van der Waals surface area contributed by atoms with E-state index in [1.54, 1.807) is 19.1 Å². The largest absolute Gasteiger partial charge is 0.370 e. The quantitative estimate of drug-likeness (QED) is 0.815. The Hall–Kier alpha value is -2.24. The zero-order valence-corrected chi connectivity index (χ0v) is 12.7. The molecule has 3 rings (SSSR count). The number of rotatable bonds is 3. The van der Waals surface area contributed by atoms with Crippen LogP contribution in [-0.2, 0) is 0 Å². The van der Waals surface area contributed by atoms with Gasteiger partial charge in [0.15, 0.2) is 11.6 Å². The Morgan fingerprint density at radius 3 is 2.95 bits per heavy atom. The van der Waals surface area contributed by atoms with Crippen molar-refractivity contribution >= 4 is 11.5 Å². The van der Waals surface area contributed by atoms with Gasteiger partial charge in [0.2, 0.25) is 5.89 Å². The van der Waals surface area contributed by atoms with Crippen LogP contribution >= 0.6 is 0 Å². The van der Waals surface area contributed by atoms with Crippen LogP contribution in [0.3, 0.4) is 0 Å². The molecule has 22 heavy (non-hydrogen) atoms. The highest BCUT2D eigenvalue weighted by Crippen LogP contribution is 2.32. The molecule has 0 saturated carbocycles. The summed E-state index contributed by atoms with van der Waals surface area (Å²) in [5, 5.41) is 3.83. The fraction of sp³-hybridized carbons (Fsp3) is 0.438. The van der Waals surface area contributed by atoms with Crippen molar-refractivity contribution in [3.63, 3.8) is 0 Å². The van der Waals surface area contributed by atoms with E-state index < -0.39 is 5.82 Å². The zero-order valence-electron chi connectivity index (χ0n) is 12.7. The molecule has 1 atom stereocenters. The maximum absolute atomic E-state index is 14.0. The SMILES string of the molecule is CC(=O)c1c(F)cccc1N1CCC[C@H](c2nc(C)no2)C1. The van der Waals surface area contributed by atoms with E-state index >= 15 is 0 Å². The van der Waals surface area contributed by atoms with Gasteiger partial charge in [0, 0.05) is 13.1 Å². The number of hydrogen-bond donors (Lipinski definition) is 0. The molecule has 0 aliphatic carbocycles. The van der Waals surface area contributed by atoms with E-state index in [1.165, 1.54) is 13.0 Å².